The zero-order valence-corrected chi connectivity index (χ0v) is 10.3. The second-order valence-corrected chi connectivity index (χ2v) is 4.40. The van der Waals surface area contributed by atoms with Gasteiger partial charge < -0.3 is 4.98 Å². The Balaban J connectivity index is 2.15. The van der Waals surface area contributed by atoms with Crippen molar-refractivity contribution >= 4 is 16.6 Å². The molecule has 0 atom stereocenters. The molecule has 0 fully saturated rings. The second kappa shape index (κ2) is 3.70. The minimum atomic E-state index is -0.452. The summed E-state index contributed by atoms with van der Waals surface area (Å²) in [7, 11) is 0. The molecule has 0 aliphatic rings. The summed E-state index contributed by atoms with van der Waals surface area (Å²) in [5.41, 5.74) is 1.80. The van der Waals surface area contributed by atoms with Crippen LogP contribution >= 0.6 is 0 Å². The molecule has 3 heterocycles. The second-order valence-electron chi connectivity index (χ2n) is 4.40. The van der Waals surface area contributed by atoms with Gasteiger partial charge >= 0.3 is 5.69 Å². The van der Waals surface area contributed by atoms with Gasteiger partial charge in [0.15, 0.2) is 5.82 Å². The molecule has 0 unspecified atom stereocenters. The number of hydrogen-bond donors (Lipinski definition) is 2. The van der Waals surface area contributed by atoms with Gasteiger partial charge in [0.1, 0.15) is 5.65 Å². The van der Waals surface area contributed by atoms with E-state index in [0.29, 0.717) is 22.8 Å². The molecule has 0 amide bonds. The van der Waals surface area contributed by atoms with Gasteiger partial charge in [-0.25, -0.2) is 9.89 Å². The number of fused-ring (bicyclic) bond motifs is 3. The molecule has 2 N–H and O–H groups in total. The van der Waals surface area contributed by atoms with Gasteiger partial charge in [-0.1, -0.05) is 11.6 Å². The number of aromatic nitrogens is 8. The molecule has 4 rings (SSSR count). The highest BCUT2D eigenvalue weighted by molar-refractivity contribution is 5.91. The van der Waals surface area contributed by atoms with E-state index in [1.807, 2.05) is 25.1 Å². The van der Waals surface area contributed by atoms with Crippen LogP contribution in [0.1, 0.15) is 5.56 Å². The van der Waals surface area contributed by atoms with Crippen molar-refractivity contribution in [3.8, 4) is 11.6 Å². The van der Waals surface area contributed by atoms with Crippen LogP contribution in [0.5, 0.6) is 0 Å². The average Bonchev–Trinajstić information content (AvgIpc) is 3.08. The van der Waals surface area contributed by atoms with Crippen LogP contribution in [0.15, 0.2) is 23.0 Å². The summed E-state index contributed by atoms with van der Waals surface area (Å²) in [6.45, 7) is 1.97. The Bertz CT molecular complexity index is 981. The molecule has 1 aromatic carbocycles. The molecule has 0 aliphatic heterocycles. The number of aromatic amines is 2. The van der Waals surface area contributed by atoms with E-state index < -0.39 is 5.69 Å². The fraction of sp³-hybridized carbons (Fsp3) is 0.0909. The lowest BCUT2D eigenvalue weighted by atomic mass is 10.2. The summed E-state index contributed by atoms with van der Waals surface area (Å²) in [6, 6.07) is 5.66. The first-order chi connectivity index (χ1) is 9.72. The third-order valence-electron chi connectivity index (χ3n) is 3.02. The van der Waals surface area contributed by atoms with E-state index in [1.165, 1.54) is 4.52 Å². The minimum absolute atomic E-state index is 0.355. The number of hydrogen-bond acceptors (Lipinski definition) is 6. The molecule has 9 nitrogen and oxygen atoms in total. The average molecular weight is 268 g/mol. The maximum atomic E-state index is 12.0. The van der Waals surface area contributed by atoms with E-state index >= 15 is 0 Å². The molecule has 3 aromatic heterocycles. The third kappa shape index (κ3) is 1.43. The van der Waals surface area contributed by atoms with Gasteiger partial charge in [-0.3, -0.25) is 0 Å². The van der Waals surface area contributed by atoms with Gasteiger partial charge in [-0.15, -0.1) is 10.2 Å². The van der Waals surface area contributed by atoms with Crippen molar-refractivity contribution in [2.75, 3.05) is 0 Å². The van der Waals surface area contributed by atoms with E-state index in [-0.39, 0.29) is 0 Å². The maximum Gasteiger partial charge on any atom is 0.370 e. The first-order valence-corrected chi connectivity index (χ1v) is 5.86. The number of tetrazole rings is 1. The topological polar surface area (TPSA) is 118 Å². The summed E-state index contributed by atoms with van der Waals surface area (Å²) in [5, 5.41) is 18.3. The number of nitrogens with zero attached hydrogens (tertiary/aromatic N) is 6. The van der Waals surface area contributed by atoms with E-state index in [4.69, 9.17) is 0 Å². The number of nitrogens with one attached hydrogen (secondary N) is 2. The highest BCUT2D eigenvalue weighted by atomic mass is 16.1. The van der Waals surface area contributed by atoms with Crippen LogP contribution in [0.3, 0.4) is 0 Å². The van der Waals surface area contributed by atoms with Crippen LogP contribution in [0, 0.1) is 6.92 Å². The van der Waals surface area contributed by atoms with Crippen LogP contribution in [0.4, 0.5) is 0 Å². The van der Waals surface area contributed by atoms with Gasteiger partial charge in [0.25, 0.3) is 0 Å². The van der Waals surface area contributed by atoms with Crippen LogP contribution in [0.2, 0.25) is 0 Å². The van der Waals surface area contributed by atoms with E-state index in [2.05, 4.69) is 35.7 Å². The predicted octanol–water partition coefficient (Wildman–Crippen LogP) is 0.0593. The Morgan fingerprint density at radius 3 is 2.95 bits per heavy atom. The van der Waals surface area contributed by atoms with Crippen molar-refractivity contribution in [1.29, 1.82) is 0 Å². The SMILES string of the molecule is Cc1ccc2nc(=O)n3nc(-c4nnn[nH]4)[nH]c3c2c1. The Labute approximate surface area is 110 Å². The van der Waals surface area contributed by atoms with E-state index in [0.717, 1.165) is 10.9 Å². The molecule has 98 valence electrons. The number of aryl methyl sites for hydroxylation is 1. The normalized spacial score (nSPS) is 11.4. The molecule has 4 aromatic rings. The molecule has 0 saturated heterocycles. The van der Waals surface area contributed by atoms with E-state index in [9.17, 15) is 4.79 Å². The lowest BCUT2D eigenvalue weighted by molar-refractivity contribution is 0.880. The van der Waals surface area contributed by atoms with Crippen LogP contribution in [-0.2, 0) is 0 Å². The van der Waals surface area contributed by atoms with Gasteiger partial charge in [-0.05, 0) is 29.5 Å². The van der Waals surface area contributed by atoms with Crippen LogP contribution in [0.25, 0.3) is 28.2 Å². The molecule has 0 bridgehead atoms. The van der Waals surface area contributed by atoms with Gasteiger partial charge in [-0.2, -0.15) is 9.50 Å². The Morgan fingerprint density at radius 2 is 2.15 bits per heavy atom. The monoisotopic (exact) mass is 268 g/mol. The highest BCUT2D eigenvalue weighted by Gasteiger charge is 2.13. The zero-order valence-electron chi connectivity index (χ0n) is 10.3. The summed E-state index contributed by atoms with van der Waals surface area (Å²) in [4.78, 5) is 19.0. The first-order valence-electron chi connectivity index (χ1n) is 5.86. The van der Waals surface area contributed by atoms with Crippen molar-refractivity contribution in [2.24, 2.45) is 0 Å². The molecule has 20 heavy (non-hydrogen) atoms. The lowest BCUT2D eigenvalue weighted by Gasteiger charge is -1.99. The molecule has 0 saturated carbocycles. The summed E-state index contributed by atoms with van der Waals surface area (Å²) in [6.07, 6.45) is 0. The quantitative estimate of drug-likeness (QED) is 0.504. The Morgan fingerprint density at radius 1 is 1.25 bits per heavy atom. The van der Waals surface area contributed by atoms with Gasteiger partial charge in [0.05, 0.1) is 5.52 Å². The summed E-state index contributed by atoms with van der Waals surface area (Å²) < 4.78 is 1.21. The van der Waals surface area contributed by atoms with E-state index in [1.54, 1.807) is 0 Å². The molecular formula is C11H8N8O. The maximum absolute atomic E-state index is 12.0. The van der Waals surface area contributed by atoms with Crippen LogP contribution < -0.4 is 5.69 Å². The van der Waals surface area contributed by atoms with Crippen molar-refractivity contribution in [3.05, 3.63) is 34.2 Å². The van der Waals surface area contributed by atoms with Crippen molar-refractivity contribution in [3.63, 3.8) is 0 Å². The van der Waals surface area contributed by atoms with Crippen molar-refractivity contribution in [2.45, 2.75) is 6.92 Å². The molecule has 0 spiro atoms. The van der Waals surface area contributed by atoms with Crippen LogP contribution in [-0.4, -0.2) is 40.2 Å². The number of benzene rings is 1. The highest BCUT2D eigenvalue weighted by Crippen LogP contribution is 2.18. The first kappa shape index (κ1) is 10.8. The number of H-pyrrole nitrogens is 2. The van der Waals surface area contributed by atoms with Gasteiger partial charge in [0, 0.05) is 5.39 Å². The zero-order chi connectivity index (χ0) is 13.7. The Kier molecular flexibility index (Phi) is 1.99. The van der Waals surface area contributed by atoms with Crippen molar-refractivity contribution < 1.29 is 0 Å². The predicted molar refractivity (Wildman–Crippen MR) is 69.0 cm³/mol. The summed E-state index contributed by atoms with van der Waals surface area (Å²) >= 11 is 0. The fourth-order valence-corrected chi connectivity index (χ4v) is 2.11. The smallest absolute Gasteiger partial charge is 0.319 e. The summed E-state index contributed by atoms with van der Waals surface area (Å²) in [5.74, 6) is 0.733. The standard InChI is InChI=1S/C11H8N8O/c1-5-2-3-7-6(4-5)10-13-8(9-14-17-18-15-9)16-19(10)11(20)12-7/h2-4H,1H3,(H,13,16)(H,14,15,17,18). The minimum Gasteiger partial charge on any atom is -0.319 e. The molecule has 9 heteroatoms. The Hall–Kier alpha value is -3.10. The van der Waals surface area contributed by atoms with Crippen molar-refractivity contribution in [1.82, 2.24) is 40.2 Å². The molecular weight excluding hydrogens is 260 g/mol. The number of rotatable bonds is 1. The lowest BCUT2D eigenvalue weighted by Crippen LogP contribution is -2.17. The third-order valence-corrected chi connectivity index (χ3v) is 3.02. The molecule has 0 aliphatic carbocycles. The fourth-order valence-electron chi connectivity index (χ4n) is 2.11. The largest absolute Gasteiger partial charge is 0.370 e. The molecule has 0 radical (unpaired) electrons. The van der Waals surface area contributed by atoms with Gasteiger partial charge in [0.2, 0.25) is 5.82 Å².